The summed E-state index contributed by atoms with van der Waals surface area (Å²) in [5.74, 6) is -0.438. The molecule has 2 aromatic carbocycles. The normalized spacial score (nSPS) is 17.0. The fourth-order valence-electron chi connectivity index (χ4n) is 3.15. The highest BCUT2D eigenvalue weighted by atomic mass is 32.2. The molecule has 0 aliphatic carbocycles. The zero-order valence-electron chi connectivity index (χ0n) is 16.6. The van der Waals surface area contributed by atoms with Crippen molar-refractivity contribution in [1.29, 1.82) is 0 Å². The number of fused-ring (bicyclic) bond motifs is 1. The summed E-state index contributed by atoms with van der Waals surface area (Å²) in [6, 6.07) is 16.4. The van der Waals surface area contributed by atoms with Crippen molar-refractivity contribution in [3.63, 3.8) is 0 Å². The molecule has 0 spiro atoms. The van der Waals surface area contributed by atoms with Crippen molar-refractivity contribution < 1.29 is 14.4 Å². The third-order valence-electron chi connectivity index (χ3n) is 4.44. The van der Waals surface area contributed by atoms with Crippen molar-refractivity contribution in [2.24, 2.45) is 5.10 Å². The van der Waals surface area contributed by atoms with Crippen LogP contribution in [0.3, 0.4) is 0 Å². The summed E-state index contributed by atoms with van der Waals surface area (Å²) in [5.41, 5.74) is 5.76. The van der Waals surface area contributed by atoms with Crippen molar-refractivity contribution in [3.8, 4) is 0 Å². The first kappa shape index (κ1) is 20.5. The lowest BCUT2D eigenvalue weighted by molar-refractivity contribution is -0.118. The molecule has 4 N–H and O–H groups in total. The van der Waals surface area contributed by atoms with Crippen molar-refractivity contribution in [1.82, 2.24) is 15.6 Å². The predicted molar refractivity (Wildman–Crippen MR) is 121 cm³/mol. The van der Waals surface area contributed by atoms with Gasteiger partial charge in [0.15, 0.2) is 11.5 Å². The molecule has 158 valence electrons. The Morgan fingerprint density at radius 2 is 1.74 bits per heavy atom. The standard InChI is InChI=1S/C21H20N6O3S/c1-13(28)22-15-7-9-16(10-8-15)23-19(30)12-31-21-26-25-20-24-18(29)11-17(27(20)21)14-5-3-2-4-6-14/h2-11,20,25H,12H2,1H3,(H,22,28)(H,23,30)(H,24,29). The molecule has 2 heterocycles. The lowest BCUT2D eigenvalue weighted by Crippen LogP contribution is -2.53. The molecular weight excluding hydrogens is 416 g/mol. The van der Waals surface area contributed by atoms with E-state index in [0.29, 0.717) is 22.2 Å². The van der Waals surface area contributed by atoms with E-state index in [-0.39, 0.29) is 23.5 Å². The van der Waals surface area contributed by atoms with Crippen LogP contribution in [0.15, 0.2) is 65.8 Å². The molecule has 2 aliphatic heterocycles. The van der Waals surface area contributed by atoms with E-state index in [1.165, 1.54) is 24.8 Å². The minimum Gasteiger partial charge on any atom is -0.326 e. The quantitative estimate of drug-likeness (QED) is 0.570. The number of benzene rings is 2. The van der Waals surface area contributed by atoms with Crippen LogP contribution in [0.1, 0.15) is 12.5 Å². The summed E-state index contributed by atoms with van der Waals surface area (Å²) in [6.45, 7) is 1.43. The number of nitrogens with one attached hydrogen (secondary N) is 4. The van der Waals surface area contributed by atoms with Gasteiger partial charge in [0.1, 0.15) is 0 Å². The maximum absolute atomic E-state index is 12.4. The molecule has 0 saturated heterocycles. The molecule has 4 rings (SSSR count). The van der Waals surface area contributed by atoms with Crippen LogP contribution in [0, 0.1) is 0 Å². The highest BCUT2D eigenvalue weighted by Gasteiger charge is 2.36. The molecule has 10 heteroatoms. The fraction of sp³-hybridized carbons (Fsp3) is 0.143. The van der Waals surface area contributed by atoms with E-state index in [1.54, 1.807) is 24.3 Å². The van der Waals surface area contributed by atoms with Crippen LogP contribution in [-0.4, -0.2) is 39.8 Å². The number of amides is 3. The van der Waals surface area contributed by atoms with Crippen molar-refractivity contribution in [3.05, 3.63) is 66.2 Å². The molecule has 3 amide bonds. The van der Waals surface area contributed by atoms with Gasteiger partial charge in [-0.3, -0.25) is 24.7 Å². The van der Waals surface area contributed by atoms with Crippen LogP contribution in [0.2, 0.25) is 0 Å². The first-order valence-electron chi connectivity index (χ1n) is 9.50. The summed E-state index contributed by atoms with van der Waals surface area (Å²) in [5, 5.41) is 13.2. The van der Waals surface area contributed by atoms with E-state index in [1.807, 2.05) is 35.2 Å². The Kier molecular flexibility index (Phi) is 5.89. The van der Waals surface area contributed by atoms with Gasteiger partial charge in [-0.05, 0) is 29.8 Å². The van der Waals surface area contributed by atoms with Crippen molar-refractivity contribution in [2.75, 3.05) is 16.4 Å². The number of carbonyl (C=O) groups is 3. The molecule has 0 bridgehead atoms. The Morgan fingerprint density at radius 1 is 1.06 bits per heavy atom. The van der Waals surface area contributed by atoms with E-state index in [9.17, 15) is 14.4 Å². The van der Waals surface area contributed by atoms with Gasteiger partial charge in [0.2, 0.25) is 17.7 Å². The Hall–Kier alpha value is -3.79. The van der Waals surface area contributed by atoms with E-state index >= 15 is 0 Å². The zero-order chi connectivity index (χ0) is 21.8. The molecule has 1 atom stereocenters. The number of nitrogens with zero attached hydrogens (tertiary/aromatic N) is 2. The number of hydrogen-bond donors (Lipinski definition) is 4. The molecule has 0 fully saturated rings. The largest absolute Gasteiger partial charge is 0.326 e. The maximum atomic E-state index is 12.4. The van der Waals surface area contributed by atoms with Gasteiger partial charge in [-0.25, -0.2) is 0 Å². The van der Waals surface area contributed by atoms with E-state index in [4.69, 9.17) is 0 Å². The second-order valence-corrected chi connectivity index (χ2v) is 7.74. The lowest BCUT2D eigenvalue weighted by Gasteiger charge is -2.32. The average Bonchev–Trinajstić information content (AvgIpc) is 3.16. The summed E-state index contributed by atoms with van der Waals surface area (Å²) in [6.07, 6.45) is 1.02. The molecular formula is C21H20N6O3S. The number of hydrogen-bond acceptors (Lipinski definition) is 7. The predicted octanol–water partition coefficient (Wildman–Crippen LogP) is 1.95. The van der Waals surface area contributed by atoms with E-state index in [0.717, 1.165) is 5.56 Å². The van der Waals surface area contributed by atoms with Gasteiger partial charge in [0, 0.05) is 24.4 Å². The fourth-order valence-corrected chi connectivity index (χ4v) is 3.94. The van der Waals surface area contributed by atoms with Crippen LogP contribution in [0.4, 0.5) is 11.4 Å². The first-order chi connectivity index (χ1) is 15.0. The monoisotopic (exact) mass is 436 g/mol. The highest BCUT2D eigenvalue weighted by molar-refractivity contribution is 8.14. The Bertz CT molecular complexity index is 1070. The summed E-state index contributed by atoms with van der Waals surface area (Å²) in [4.78, 5) is 37.4. The highest BCUT2D eigenvalue weighted by Crippen LogP contribution is 2.29. The molecule has 9 nitrogen and oxygen atoms in total. The third kappa shape index (κ3) is 4.86. The summed E-state index contributed by atoms with van der Waals surface area (Å²) < 4.78 is 0. The third-order valence-corrected chi connectivity index (χ3v) is 5.40. The van der Waals surface area contributed by atoms with Gasteiger partial charge in [-0.2, -0.15) is 5.10 Å². The second-order valence-electron chi connectivity index (χ2n) is 6.80. The average molecular weight is 436 g/mol. The van der Waals surface area contributed by atoms with Crippen molar-refractivity contribution >= 4 is 51.7 Å². The smallest absolute Gasteiger partial charge is 0.249 e. The van der Waals surface area contributed by atoms with Crippen LogP contribution in [0.25, 0.3) is 5.70 Å². The van der Waals surface area contributed by atoms with Gasteiger partial charge in [0.25, 0.3) is 0 Å². The van der Waals surface area contributed by atoms with Crippen LogP contribution < -0.4 is 21.4 Å². The van der Waals surface area contributed by atoms with Gasteiger partial charge in [-0.15, -0.1) is 0 Å². The van der Waals surface area contributed by atoms with E-state index < -0.39 is 6.29 Å². The topological polar surface area (TPSA) is 115 Å². The number of hydrazone groups is 1. The minimum absolute atomic E-state index is 0.132. The number of thioether (sulfide) groups is 1. The first-order valence-corrected chi connectivity index (χ1v) is 10.5. The maximum Gasteiger partial charge on any atom is 0.249 e. The minimum atomic E-state index is -0.500. The molecule has 2 aromatic rings. The van der Waals surface area contributed by atoms with Gasteiger partial charge < -0.3 is 16.0 Å². The Morgan fingerprint density at radius 3 is 2.42 bits per heavy atom. The number of anilines is 2. The Labute approximate surface area is 183 Å². The second kappa shape index (κ2) is 8.92. The molecule has 0 radical (unpaired) electrons. The molecule has 0 saturated carbocycles. The van der Waals surface area contributed by atoms with Gasteiger partial charge in [0.05, 0.1) is 11.4 Å². The number of rotatable bonds is 5. The number of amidine groups is 1. The summed E-state index contributed by atoms with van der Waals surface area (Å²) in [7, 11) is 0. The molecule has 31 heavy (non-hydrogen) atoms. The molecule has 2 aliphatic rings. The molecule has 0 aromatic heterocycles. The summed E-state index contributed by atoms with van der Waals surface area (Å²) >= 11 is 1.26. The van der Waals surface area contributed by atoms with Gasteiger partial charge in [-0.1, -0.05) is 42.1 Å². The van der Waals surface area contributed by atoms with Crippen LogP contribution in [-0.2, 0) is 14.4 Å². The number of carbonyl (C=O) groups excluding carboxylic acids is 3. The van der Waals surface area contributed by atoms with Crippen LogP contribution in [0.5, 0.6) is 0 Å². The van der Waals surface area contributed by atoms with Crippen molar-refractivity contribution in [2.45, 2.75) is 13.2 Å². The lowest BCUT2D eigenvalue weighted by atomic mass is 10.1. The molecule has 1 unspecified atom stereocenters. The van der Waals surface area contributed by atoms with Crippen LogP contribution >= 0.6 is 11.8 Å². The van der Waals surface area contributed by atoms with E-state index in [2.05, 4.69) is 26.5 Å². The SMILES string of the molecule is CC(=O)Nc1ccc(NC(=O)CSC2=NNC3NC(=O)C=C(c4ccccc4)N23)cc1. The zero-order valence-corrected chi connectivity index (χ0v) is 17.4. The van der Waals surface area contributed by atoms with Gasteiger partial charge >= 0.3 is 0 Å². The Balaban J connectivity index is 1.39.